The molecular formula is C15H28O2. The SMILES string of the molecule is CCCC1CCC(=O)C(CCOCC(C)C)C1. The van der Waals surface area contributed by atoms with Crippen LogP contribution in [0.3, 0.4) is 0 Å². The lowest BCUT2D eigenvalue weighted by molar-refractivity contribution is -0.126. The van der Waals surface area contributed by atoms with Crippen molar-refractivity contribution in [1.82, 2.24) is 0 Å². The van der Waals surface area contributed by atoms with Crippen LogP contribution in [-0.2, 0) is 9.53 Å². The van der Waals surface area contributed by atoms with E-state index in [1.165, 1.54) is 12.8 Å². The van der Waals surface area contributed by atoms with Crippen molar-refractivity contribution in [1.29, 1.82) is 0 Å². The van der Waals surface area contributed by atoms with Gasteiger partial charge in [0, 0.05) is 25.6 Å². The average Bonchev–Trinajstić information content (AvgIpc) is 2.28. The molecule has 1 saturated carbocycles. The third-order valence-corrected chi connectivity index (χ3v) is 3.63. The number of carbonyl (C=O) groups is 1. The number of hydrogen-bond acceptors (Lipinski definition) is 2. The van der Waals surface area contributed by atoms with E-state index in [9.17, 15) is 4.79 Å². The van der Waals surface area contributed by atoms with Gasteiger partial charge < -0.3 is 4.74 Å². The predicted molar refractivity (Wildman–Crippen MR) is 71.0 cm³/mol. The van der Waals surface area contributed by atoms with E-state index in [0.29, 0.717) is 11.7 Å². The maximum absolute atomic E-state index is 11.8. The van der Waals surface area contributed by atoms with E-state index in [-0.39, 0.29) is 5.92 Å². The van der Waals surface area contributed by atoms with Crippen molar-refractivity contribution in [3.05, 3.63) is 0 Å². The first-order valence-corrected chi connectivity index (χ1v) is 7.24. The van der Waals surface area contributed by atoms with Gasteiger partial charge in [0.15, 0.2) is 0 Å². The summed E-state index contributed by atoms with van der Waals surface area (Å²) in [7, 11) is 0. The van der Waals surface area contributed by atoms with E-state index in [2.05, 4.69) is 20.8 Å². The molecule has 17 heavy (non-hydrogen) atoms. The summed E-state index contributed by atoms with van der Waals surface area (Å²) in [6, 6.07) is 0. The molecule has 0 aromatic carbocycles. The Bertz CT molecular complexity index is 223. The zero-order valence-electron chi connectivity index (χ0n) is 11.7. The molecule has 0 aromatic rings. The van der Waals surface area contributed by atoms with Gasteiger partial charge in [-0.1, -0.05) is 33.6 Å². The molecule has 0 spiro atoms. The highest BCUT2D eigenvalue weighted by Gasteiger charge is 2.27. The summed E-state index contributed by atoms with van der Waals surface area (Å²) < 4.78 is 5.59. The molecule has 0 heterocycles. The molecule has 0 bridgehead atoms. The quantitative estimate of drug-likeness (QED) is 0.632. The molecule has 2 heteroatoms. The lowest BCUT2D eigenvalue weighted by Crippen LogP contribution is -2.26. The largest absolute Gasteiger partial charge is 0.381 e. The minimum atomic E-state index is 0.285. The minimum Gasteiger partial charge on any atom is -0.381 e. The Morgan fingerprint density at radius 2 is 2.12 bits per heavy atom. The molecule has 0 saturated heterocycles. The van der Waals surface area contributed by atoms with Crippen molar-refractivity contribution in [2.75, 3.05) is 13.2 Å². The number of Topliss-reactive ketones (excluding diaryl/α,β-unsaturated/α-hetero) is 1. The summed E-state index contributed by atoms with van der Waals surface area (Å²) >= 11 is 0. The molecule has 1 fully saturated rings. The van der Waals surface area contributed by atoms with Crippen molar-refractivity contribution < 1.29 is 9.53 Å². The molecule has 2 unspecified atom stereocenters. The minimum absolute atomic E-state index is 0.285. The highest BCUT2D eigenvalue weighted by Crippen LogP contribution is 2.31. The van der Waals surface area contributed by atoms with Gasteiger partial charge in [-0.25, -0.2) is 0 Å². The first-order valence-electron chi connectivity index (χ1n) is 7.24. The molecule has 0 N–H and O–H groups in total. The molecule has 0 amide bonds. The normalized spacial score (nSPS) is 25.5. The molecule has 1 rings (SSSR count). The van der Waals surface area contributed by atoms with Crippen LogP contribution in [0, 0.1) is 17.8 Å². The topological polar surface area (TPSA) is 26.3 Å². The van der Waals surface area contributed by atoms with Gasteiger partial charge in [0.05, 0.1) is 0 Å². The van der Waals surface area contributed by atoms with Crippen molar-refractivity contribution in [2.45, 2.75) is 59.3 Å². The Morgan fingerprint density at radius 3 is 2.76 bits per heavy atom. The third kappa shape index (κ3) is 5.67. The van der Waals surface area contributed by atoms with Crippen molar-refractivity contribution in [3.63, 3.8) is 0 Å². The summed E-state index contributed by atoms with van der Waals surface area (Å²) in [4.78, 5) is 11.8. The number of ether oxygens (including phenoxy) is 1. The van der Waals surface area contributed by atoms with Crippen molar-refractivity contribution >= 4 is 5.78 Å². The molecule has 0 aromatic heterocycles. The molecule has 2 atom stereocenters. The van der Waals surface area contributed by atoms with Crippen LogP contribution in [0.4, 0.5) is 0 Å². The lowest BCUT2D eigenvalue weighted by Gasteiger charge is -2.27. The fourth-order valence-electron chi connectivity index (χ4n) is 2.70. The van der Waals surface area contributed by atoms with E-state index in [1.807, 2.05) is 0 Å². The van der Waals surface area contributed by atoms with Crippen LogP contribution in [0.15, 0.2) is 0 Å². The van der Waals surface area contributed by atoms with Crippen LogP contribution in [-0.4, -0.2) is 19.0 Å². The van der Waals surface area contributed by atoms with Gasteiger partial charge in [0.2, 0.25) is 0 Å². The monoisotopic (exact) mass is 240 g/mol. The fraction of sp³-hybridized carbons (Fsp3) is 0.933. The van der Waals surface area contributed by atoms with E-state index in [4.69, 9.17) is 4.74 Å². The zero-order valence-corrected chi connectivity index (χ0v) is 11.7. The number of rotatable bonds is 7. The number of ketones is 1. The van der Waals surface area contributed by atoms with Crippen LogP contribution in [0.2, 0.25) is 0 Å². The molecular weight excluding hydrogens is 212 g/mol. The van der Waals surface area contributed by atoms with E-state index in [0.717, 1.165) is 44.8 Å². The summed E-state index contributed by atoms with van der Waals surface area (Å²) in [5.74, 6) is 2.13. The summed E-state index contributed by atoms with van der Waals surface area (Å²) in [6.45, 7) is 8.12. The second kappa shape index (κ2) is 7.86. The van der Waals surface area contributed by atoms with Crippen LogP contribution < -0.4 is 0 Å². The Labute approximate surface area is 106 Å². The summed E-state index contributed by atoms with van der Waals surface area (Å²) in [5, 5.41) is 0. The van der Waals surface area contributed by atoms with E-state index in [1.54, 1.807) is 0 Å². The summed E-state index contributed by atoms with van der Waals surface area (Å²) in [5.41, 5.74) is 0. The Hall–Kier alpha value is -0.370. The zero-order chi connectivity index (χ0) is 12.7. The Morgan fingerprint density at radius 1 is 1.35 bits per heavy atom. The first kappa shape index (κ1) is 14.7. The molecule has 100 valence electrons. The van der Waals surface area contributed by atoms with Gasteiger partial charge in [-0.2, -0.15) is 0 Å². The van der Waals surface area contributed by atoms with Crippen LogP contribution >= 0.6 is 0 Å². The van der Waals surface area contributed by atoms with Gasteiger partial charge >= 0.3 is 0 Å². The third-order valence-electron chi connectivity index (χ3n) is 3.63. The maximum Gasteiger partial charge on any atom is 0.136 e. The maximum atomic E-state index is 11.8. The van der Waals surface area contributed by atoms with Gasteiger partial charge in [0.1, 0.15) is 5.78 Å². The molecule has 1 aliphatic carbocycles. The molecule has 1 aliphatic rings. The Balaban J connectivity index is 2.22. The van der Waals surface area contributed by atoms with Crippen LogP contribution in [0.5, 0.6) is 0 Å². The average molecular weight is 240 g/mol. The van der Waals surface area contributed by atoms with Crippen molar-refractivity contribution in [3.8, 4) is 0 Å². The van der Waals surface area contributed by atoms with Crippen LogP contribution in [0.25, 0.3) is 0 Å². The molecule has 0 radical (unpaired) electrons. The first-order chi connectivity index (χ1) is 8.13. The van der Waals surface area contributed by atoms with Gasteiger partial charge in [0.25, 0.3) is 0 Å². The summed E-state index contributed by atoms with van der Waals surface area (Å²) in [6.07, 6.45) is 6.51. The van der Waals surface area contributed by atoms with E-state index < -0.39 is 0 Å². The standard InChI is InChI=1S/C15H28O2/c1-4-5-13-6-7-15(16)14(10-13)8-9-17-11-12(2)3/h12-14H,4-11H2,1-3H3. The second-order valence-corrected chi connectivity index (χ2v) is 5.85. The number of carbonyl (C=O) groups excluding carboxylic acids is 1. The lowest BCUT2D eigenvalue weighted by atomic mass is 9.77. The Kier molecular flexibility index (Phi) is 6.79. The van der Waals surface area contributed by atoms with Crippen LogP contribution in [0.1, 0.15) is 59.3 Å². The van der Waals surface area contributed by atoms with E-state index >= 15 is 0 Å². The van der Waals surface area contributed by atoms with Gasteiger partial charge in [-0.05, 0) is 31.1 Å². The van der Waals surface area contributed by atoms with Crippen molar-refractivity contribution in [2.24, 2.45) is 17.8 Å². The van der Waals surface area contributed by atoms with Gasteiger partial charge in [-0.15, -0.1) is 0 Å². The number of hydrogen-bond donors (Lipinski definition) is 0. The fourth-order valence-corrected chi connectivity index (χ4v) is 2.70. The highest BCUT2D eigenvalue weighted by atomic mass is 16.5. The smallest absolute Gasteiger partial charge is 0.136 e. The molecule has 2 nitrogen and oxygen atoms in total. The molecule has 0 aliphatic heterocycles. The predicted octanol–water partition coefficient (Wildman–Crippen LogP) is 3.83. The highest BCUT2D eigenvalue weighted by molar-refractivity contribution is 5.81. The second-order valence-electron chi connectivity index (χ2n) is 5.85. The van der Waals surface area contributed by atoms with Gasteiger partial charge in [-0.3, -0.25) is 4.79 Å².